The Balaban J connectivity index is 2.19. The summed E-state index contributed by atoms with van der Waals surface area (Å²) in [7, 11) is 0. The molecule has 116 valence electrons. The summed E-state index contributed by atoms with van der Waals surface area (Å²) in [5.41, 5.74) is 7.61. The molecule has 0 saturated carbocycles. The molecule has 0 aromatic carbocycles. The zero-order valence-electron chi connectivity index (χ0n) is 11.7. The van der Waals surface area contributed by atoms with Crippen molar-refractivity contribution in [3.8, 4) is 0 Å². The first-order valence-electron chi connectivity index (χ1n) is 6.79. The van der Waals surface area contributed by atoms with Gasteiger partial charge in [-0.05, 0) is 30.5 Å². The van der Waals surface area contributed by atoms with Crippen LogP contribution in [0.3, 0.4) is 0 Å². The summed E-state index contributed by atoms with van der Waals surface area (Å²) in [4.78, 5) is 4.24. The zero-order valence-corrected chi connectivity index (χ0v) is 11.7. The van der Waals surface area contributed by atoms with Crippen molar-refractivity contribution in [1.29, 1.82) is 0 Å². The van der Waals surface area contributed by atoms with Crippen LogP contribution < -0.4 is 5.73 Å². The molecular weight excluding hydrogens is 283 g/mol. The zero-order chi connectivity index (χ0) is 15.5. The van der Waals surface area contributed by atoms with Gasteiger partial charge < -0.3 is 10.3 Å². The lowest BCUT2D eigenvalue weighted by Crippen LogP contribution is -2.21. The van der Waals surface area contributed by atoms with Crippen LogP contribution in [0.5, 0.6) is 0 Å². The first kappa shape index (κ1) is 15.8. The molecule has 0 bridgehead atoms. The molecule has 2 heterocycles. The van der Waals surface area contributed by atoms with Crippen LogP contribution in [-0.4, -0.2) is 28.6 Å². The quantitative estimate of drug-likeness (QED) is 0.892. The normalized spacial score (nSPS) is 13.8. The Morgan fingerprint density at radius 3 is 2.86 bits per heavy atom. The molecule has 2 aromatic heterocycles. The number of fused-ring (bicyclic) bond motifs is 1. The number of nitrogens with two attached hydrogens (primary N) is 1. The monoisotopic (exact) mass is 301 g/mol. The molecule has 0 spiro atoms. The van der Waals surface area contributed by atoms with Crippen LogP contribution in [0.2, 0.25) is 0 Å². The second-order valence-corrected chi connectivity index (χ2v) is 4.89. The number of nitrogens with zero attached hydrogens (tertiary/aromatic N) is 2. The van der Waals surface area contributed by atoms with Gasteiger partial charge in [-0.15, -0.1) is 13.2 Å². The number of aromatic nitrogens is 2. The first-order valence-corrected chi connectivity index (χ1v) is 6.79. The van der Waals surface area contributed by atoms with Gasteiger partial charge in [0.05, 0.1) is 6.61 Å². The number of hydrogen-bond donors (Lipinski definition) is 1. The molecule has 2 rings (SSSR count). The number of halogens is 3. The second-order valence-electron chi connectivity index (χ2n) is 4.89. The van der Waals surface area contributed by atoms with Gasteiger partial charge in [0.2, 0.25) is 0 Å². The summed E-state index contributed by atoms with van der Waals surface area (Å²) >= 11 is 0. The van der Waals surface area contributed by atoms with E-state index in [9.17, 15) is 13.2 Å². The van der Waals surface area contributed by atoms with E-state index in [2.05, 4.69) is 9.72 Å². The van der Waals surface area contributed by atoms with Crippen molar-refractivity contribution in [2.24, 2.45) is 5.73 Å². The van der Waals surface area contributed by atoms with Gasteiger partial charge in [-0.1, -0.05) is 6.92 Å². The van der Waals surface area contributed by atoms with E-state index >= 15 is 0 Å². The van der Waals surface area contributed by atoms with Gasteiger partial charge >= 0.3 is 6.36 Å². The molecule has 0 radical (unpaired) electrons. The average molecular weight is 301 g/mol. The highest BCUT2D eigenvalue weighted by molar-refractivity contribution is 5.80. The fourth-order valence-electron chi connectivity index (χ4n) is 2.21. The molecule has 1 unspecified atom stereocenters. The lowest BCUT2D eigenvalue weighted by Gasteiger charge is -2.08. The molecule has 0 saturated heterocycles. The van der Waals surface area contributed by atoms with Gasteiger partial charge in [-0.25, -0.2) is 4.98 Å². The summed E-state index contributed by atoms with van der Waals surface area (Å²) in [6, 6.07) is 3.73. The molecule has 4 nitrogen and oxygen atoms in total. The maximum Gasteiger partial charge on any atom is 0.522 e. The SMILES string of the molecule is CCC(N)Cc1cn(CCOC(F)(F)F)c2ncccc12. The van der Waals surface area contributed by atoms with Crippen molar-refractivity contribution >= 4 is 11.0 Å². The highest BCUT2D eigenvalue weighted by atomic mass is 19.4. The number of hydrogen-bond acceptors (Lipinski definition) is 3. The maximum absolute atomic E-state index is 12.0. The molecule has 0 aliphatic carbocycles. The van der Waals surface area contributed by atoms with E-state index in [-0.39, 0.29) is 12.6 Å². The summed E-state index contributed by atoms with van der Waals surface area (Å²) in [5.74, 6) is 0. The lowest BCUT2D eigenvalue weighted by molar-refractivity contribution is -0.325. The van der Waals surface area contributed by atoms with Crippen molar-refractivity contribution in [3.63, 3.8) is 0 Å². The van der Waals surface area contributed by atoms with E-state index in [0.717, 1.165) is 17.4 Å². The van der Waals surface area contributed by atoms with E-state index in [4.69, 9.17) is 5.73 Å². The Morgan fingerprint density at radius 1 is 1.43 bits per heavy atom. The van der Waals surface area contributed by atoms with Gasteiger partial charge in [-0.3, -0.25) is 4.74 Å². The Morgan fingerprint density at radius 2 is 2.19 bits per heavy atom. The highest BCUT2D eigenvalue weighted by Crippen LogP contribution is 2.22. The van der Waals surface area contributed by atoms with E-state index in [1.54, 1.807) is 16.8 Å². The fraction of sp³-hybridized carbons (Fsp3) is 0.500. The molecule has 21 heavy (non-hydrogen) atoms. The van der Waals surface area contributed by atoms with Crippen LogP contribution in [0.15, 0.2) is 24.5 Å². The molecule has 1 atom stereocenters. The largest absolute Gasteiger partial charge is 0.522 e. The van der Waals surface area contributed by atoms with Crippen LogP contribution in [0, 0.1) is 0 Å². The Kier molecular flexibility index (Phi) is 4.84. The van der Waals surface area contributed by atoms with Crippen molar-refractivity contribution in [2.45, 2.75) is 38.7 Å². The smallest absolute Gasteiger partial charge is 0.330 e. The molecule has 2 aromatic rings. The summed E-state index contributed by atoms with van der Waals surface area (Å²) in [5, 5.41) is 0.924. The molecule has 0 amide bonds. The van der Waals surface area contributed by atoms with E-state index in [0.29, 0.717) is 12.1 Å². The minimum absolute atomic E-state index is 0.0238. The Bertz CT molecular complexity index is 595. The average Bonchev–Trinajstić information content (AvgIpc) is 2.76. The number of alkyl halides is 3. The van der Waals surface area contributed by atoms with Gasteiger partial charge in [0.25, 0.3) is 0 Å². The third kappa shape index (κ3) is 4.18. The first-order chi connectivity index (χ1) is 9.90. The van der Waals surface area contributed by atoms with Crippen LogP contribution in [0.4, 0.5) is 13.2 Å². The third-order valence-corrected chi connectivity index (χ3v) is 3.32. The van der Waals surface area contributed by atoms with Crippen molar-refractivity contribution in [2.75, 3.05) is 6.61 Å². The van der Waals surface area contributed by atoms with Crippen LogP contribution in [0.1, 0.15) is 18.9 Å². The molecule has 0 aliphatic rings. The molecule has 0 fully saturated rings. The highest BCUT2D eigenvalue weighted by Gasteiger charge is 2.28. The number of ether oxygens (including phenoxy) is 1. The molecule has 2 N–H and O–H groups in total. The lowest BCUT2D eigenvalue weighted by atomic mass is 10.1. The minimum atomic E-state index is -4.61. The predicted octanol–water partition coefficient (Wildman–Crippen LogP) is 2.85. The molecule has 7 heteroatoms. The summed E-state index contributed by atoms with van der Waals surface area (Å²) < 4.78 is 41.6. The predicted molar refractivity (Wildman–Crippen MR) is 73.7 cm³/mol. The van der Waals surface area contributed by atoms with E-state index < -0.39 is 13.0 Å². The van der Waals surface area contributed by atoms with Gasteiger partial charge in [-0.2, -0.15) is 0 Å². The number of pyridine rings is 1. The van der Waals surface area contributed by atoms with Crippen molar-refractivity contribution in [1.82, 2.24) is 9.55 Å². The van der Waals surface area contributed by atoms with Gasteiger partial charge in [0.15, 0.2) is 0 Å². The number of rotatable bonds is 6. The van der Waals surface area contributed by atoms with Crippen LogP contribution in [0.25, 0.3) is 11.0 Å². The van der Waals surface area contributed by atoms with E-state index in [1.165, 1.54) is 0 Å². The van der Waals surface area contributed by atoms with Gasteiger partial charge in [0.1, 0.15) is 5.65 Å². The van der Waals surface area contributed by atoms with E-state index in [1.807, 2.05) is 19.2 Å². The fourth-order valence-corrected chi connectivity index (χ4v) is 2.21. The van der Waals surface area contributed by atoms with Gasteiger partial charge in [0, 0.05) is 30.4 Å². The summed E-state index contributed by atoms with van der Waals surface area (Å²) in [6.45, 7) is 1.65. The Hall–Kier alpha value is -1.60. The third-order valence-electron chi connectivity index (χ3n) is 3.32. The summed E-state index contributed by atoms with van der Waals surface area (Å²) in [6.07, 6.45) is 0.333. The second kappa shape index (κ2) is 6.44. The van der Waals surface area contributed by atoms with Crippen molar-refractivity contribution < 1.29 is 17.9 Å². The topological polar surface area (TPSA) is 53.1 Å². The van der Waals surface area contributed by atoms with Crippen molar-refractivity contribution in [3.05, 3.63) is 30.1 Å². The molecule has 0 aliphatic heterocycles. The maximum atomic E-state index is 12.0. The minimum Gasteiger partial charge on any atom is -0.330 e. The standard InChI is InChI=1S/C14H18F3N3O/c1-2-11(18)8-10-9-20(6-7-21-14(15,16)17)13-12(10)4-3-5-19-13/h3-5,9,11H,2,6-8,18H2,1H3. The Labute approximate surface area is 120 Å². The van der Waals surface area contributed by atoms with Crippen LogP contribution >= 0.6 is 0 Å². The molecular formula is C14H18F3N3O. The van der Waals surface area contributed by atoms with Crippen LogP contribution in [-0.2, 0) is 17.7 Å².